The number of carbonyl (C=O) groups is 1. The molecule has 11 nitrogen and oxygen atoms in total. The lowest BCUT2D eigenvalue weighted by Crippen LogP contribution is -2.45. The van der Waals surface area contributed by atoms with Gasteiger partial charge in [0.05, 0.1) is 23.7 Å². The van der Waals surface area contributed by atoms with Gasteiger partial charge in [0.2, 0.25) is 15.8 Å². The van der Waals surface area contributed by atoms with E-state index in [-0.39, 0.29) is 34.7 Å². The van der Waals surface area contributed by atoms with Crippen molar-refractivity contribution in [1.82, 2.24) is 28.9 Å². The molecule has 0 aliphatic carbocycles. The van der Waals surface area contributed by atoms with Gasteiger partial charge in [0.1, 0.15) is 10.7 Å². The number of aliphatic carboxylic acids is 1. The number of anilines is 1. The number of hydrogen-bond acceptors (Lipinski definition) is 8. The number of nitrogens with zero attached hydrogens (tertiary/aromatic N) is 7. The minimum absolute atomic E-state index is 0.0208. The van der Waals surface area contributed by atoms with Crippen molar-refractivity contribution in [3.8, 4) is 0 Å². The molecule has 0 bridgehead atoms. The highest BCUT2D eigenvalue weighted by atomic mass is 35.5. The van der Waals surface area contributed by atoms with Gasteiger partial charge in [-0.3, -0.25) is 14.2 Å². The largest absolute Gasteiger partial charge is 0.481 e. The van der Waals surface area contributed by atoms with Crippen molar-refractivity contribution < 1.29 is 31.5 Å². The minimum Gasteiger partial charge on any atom is -0.481 e. The molecule has 0 spiro atoms. The molecular weight excluding hydrogens is 635 g/mol. The van der Waals surface area contributed by atoms with Crippen LogP contribution in [0.1, 0.15) is 65.5 Å². The zero-order valence-electron chi connectivity index (χ0n) is 24.3. The maximum atomic E-state index is 14.1. The van der Waals surface area contributed by atoms with Gasteiger partial charge in [0.25, 0.3) is 0 Å². The van der Waals surface area contributed by atoms with Crippen LogP contribution < -0.4 is 4.90 Å². The summed E-state index contributed by atoms with van der Waals surface area (Å²) in [6.07, 6.45) is 0.101. The number of aryl methyl sites for hydroxylation is 2. The second kappa shape index (κ2) is 11.5. The molecule has 4 aromatic rings. The number of fused-ring (bicyclic) bond motifs is 4. The van der Waals surface area contributed by atoms with E-state index in [9.17, 15) is 31.5 Å². The van der Waals surface area contributed by atoms with Crippen LogP contribution in [-0.2, 0) is 27.5 Å². The molecule has 1 saturated heterocycles. The Morgan fingerprint density at radius 1 is 1.18 bits per heavy atom. The Labute approximate surface area is 261 Å². The number of sulfonamides is 1. The van der Waals surface area contributed by atoms with Crippen LogP contribution in [0.5, 0.6) is 0 Å². The summed E-state index contributed by atoms with van der Waals surface area (Å²) in [5.74, 6) is -2.82. The average Bonchev–Trinajstić information content (AvgIpc) is 3.40. The van der Waals surface area contributed by atoms with E-state index in [1.54, 1.807) is 26.0 Å². The summed E-state index contributed by atoms with van der Waals surface area (Å²) in [6, 6.07) is 6.12. The molecule has 2 aliphatic rings. The number of halogens is 4. The maximum Gasteiger partial charge on any atom is 0.452 e. The first kappa shape index (κ1) is 31.2. The standard InChI is InChI=1S/C29H29ClF3N7O4S/c1-16-6-7-22(21(12-25(41)42)20-8-10-40-26(17(20)2)36-37-28(40)29(31,32)33)35-23(16)15-38-14-19-5-3-4-9-39(19)27-24(45(38,43)44)11-18(30)13-34-27/h6-8,10-11,13,19,21H,3-5,9,12,14-15H2,1-2H3,(H,41,42)/t19-,21+/m0/s1. The van der Waals surface area contributed by atoms with Gasteiger partial charge >= 0.3 is 12.1 Å². The smallest absolute Gasteiger partial charge is 0.452 e. The van der Waals surface area contributed by atoms with Crippen LogP contribution in [0.2, 0.25) is 5.02 Å². The van der Waals surface area contributed by atoms with E-state index in [1.165, 1.54) is 28.8 Å². The molecule has 0 saturated carbocycles. The SMILES string of the molecule is Cc1ccc([C@H](CC(=O)O)c2ccn3c(C(F)(F)F)nnc3c2C)nc1CN1C[C@@H]2CCCCN2c2ncc(Cl)cc2S1(=O)=O. The van der Waals surface area contributed by atoms with Gasteiger partial charge in [-0.2, -0.15) is 17.5 Å². The zero-order chi connectivity index (χ0) is 32.3. The quantitative estimate of drug-likeness (QED) is 0.303. The third-order valence-corrected chi connectivity index (χ3v) is 10.5. The van der Waals surface area contributed by atoms with E-state index in [2.05, 4.69) is 15.2 Å². The highest BCUT2D eigenvalue weighted by Gasteiger charge is 2.40. The second-order valence-electron chi connectivity index (χ2n) is 11.4. The fraction of sp³-hybridized carbons (Fsp3) is 0.414. The molecule has 45 heavy (non-hydrogen) atoms. The van der Waals surface area contributed by atoms with Crippen molar-refractivity contribution >= 4 is 39.1 Å². The Morgan fingerprint density at radius 2 is 1.96 bits per heavy atom. The van der Waals surface area contributed by atoms with E-state index in [4.69, 9.17) is 16.6 Å². The highest BCUT2D eigenvalue weighted by molar-refractivity contribution is 7.89. The number of rotatable bonds is 6. The van der Waals surface area contributed by atoms with Gasteiger partial charge in [0, 0.05) is 43.1 Å². The fourth-order valence-electron chi connectivity index (χ4n) is 6.24. The Hall–Kier alpha value is -3.82. The summed E-state index contributed by atoms with van der Waals surface area (Å²) >= 11 is 6.20. The van der Waals surface area contributed by atoms with Crippen LogP contribution in [0.25, 0.3) is 5.65 Å². The Bertz CT molecular complexity index is 1920. The predicted octanol–water partition coefficient (Wildman–Crippen LogP) is 4.98. The fourth-order valence-corrected chi connectivity index (χ4v) is 8.07. The molecule has 1 N–H and O–H groups in total. The van der Waals surface area contributed by atoms with Gasteiger partial charge in [-0.05, 0) is 68.0 Å². The molecule has 6 rings (SSSR count). The van der Waals surface area contributed by atoms with E-state index in [1.807, 2.05) is 4.90 Å². The van der Waals surface area contributed by atoms with Crippen LogP contribution in [-0.4, -0.2) is 67.5 Å². The molecule has 0 unspecified atom stereocenters. The number of carboxylic acid groups (broad SMARTS) is 1. The molecule has 2 aliphatic heterocycles. The molecule has 16 heteroatoms. The molecule has 0 amide bonds. The lowest BCUT2D eigenvalue weighted by Gasteiger charge is -2.36. The Balaban J connectivity index is 1.41. The van der Waals surface area contributed by atoms with Gasteiger partial charge in [-0.25, -0.2) is 13.4 Å². The maximum absolute atomic E-state index is 14.1. The molecule has 238 valence electrons. The lowest BCUT2D eigenvalue weighted by molar-refractivity contribution is -0.145. The zero-order valence-corrected chi connectivity index (χ0v) is 25.9. The van der Waals surface area contributed by atoms with Gasteiger partial charge in [0.15, 0.2) is 5.65 Å². The minimum atomic E-state index is -4.73. The molecule has 0 radical (unpaired) electrons. The van der Waals surface area contributed by atoms with Crippen LogP contribution in [0.4, 0.5) is 19.0 Å². The number of piperidine rings is 1. The number of pyridine rings is 3. The first-order valence-corrected chi connectivity index (χ1v) is 16.1. The molecule has 6 heterocycles. The number of hydrogen-bond donors (Lipinski definition) is 1. The van der Waals surface area contributed by atoms with Gasteiger partial charge in [-0.1, -0.05) is 17.7 Å². The monoisotopic (exact) mass is 663 g/mol. The van der Waals surface area contributed by atoms with Crippen LogP contribution in [0, 0.1) is 13.8 Å². The van der Waals surface area contributed by atoms with Crippen molar-refractivity contribution in [3.63, 3.8) is 0 Å². The topological polar surface area (TPSA) is 134 Å². The normalized spacial score (nSPS) is 19.2. The third-order valence-electron chi connectivity index (χ3n) is 8.51. The summed E-state index contributed by atoms with van der Waals surface area (Å²) < 4.78 is 70.7. The van der Waals surface area contributed by atoms with Crippen LogP contribution >= 0.6 is 11.6 Å². The molecule has 4 aromatic heterocycles. The summed E-state index contributed by atoms with van der Waals surface area (Å²) in [5, 5.41) is 17.0. The molecular formula is C29H29ClF3N7O4S. The van der Waals surface area contributed by atoms with Gasteiger partial charge < -0.3 is 10.0 Å². The predicted molar refractivity (Wildman–Crippen MR) is 158 cm³/mol. The summed E-state index contributed by atoms with van der Waals surface area (Å²) in [7, 11) is -4.06. The van der Waals surface area contributed by atoms with Crippen molar-refractivity contribution in [2.24, 2.45) is 0 Å². The van der Waals surface area contributed by atoms with Crippen molar-refractivity contribution in [2.45, 2.75) is 69.1 Å². The van der Waals surface area contributed by atoms with E-state index < -0.39 is 40.3 Å². The van der Waals surface area contributed by atoms with Crippen LogP contribution in [0.15, 0.2) is 41.6 Å². The number of carboxylic acids is 1. The van der Waals surface area contributed by atoms with E-state index >= 15 is 0 Å². The highest BCUT2D eigenvalue weighted by Crippen LogP contribution is 2.38. The third kappa shape index (κ3) is 5.72. The van der Waals surface area contributed by atoms with Crippen molar-refractivity contribution in [2.75, 3.05) is 18.0 Å². The Morgan fingerprint density at radius 3 is 2.69 bits per heavy atom. The lowest BCUT2D eigenvalue weighted by atomic mass is 9.89. The summed E-state index contributed by atoms with van der Waals surface area (Å²) in [5.41, 5.74) is 2.13. The van der Waals surface area contributed by atoms with E-state index in [0.717, 1.165) is 23.7 Å². The number of alkyl halides is 3. The van der Waals surface area contributed by atoms with Crippen LogP contribution in [0.3, 0.4) is 0 Å². The summed E-state index contributed by atoms with van der Waals surface area (Å²) in [6.45, 7) is 4.12. The van der Waals surface area contributed by atoms with E-state index in [0.29, 0.717) is 40.4 Å². The van der Waals surface area contributed by atoms with Crippen molar-refractivity contribution in [3.05, 3.63) is 75.6 Å². The Kier molecular flexibility index (Phi) is 7.98. The summed E-state index contributed by atoms with van der Waals surface area (Å²) in [4.78, 5) is 23.3. The molecule has 0 aromatic carbocycles. The second-order valence-corrected chi connectivity index (χ2v) is 13.7. The van der Waals surface area contributed by atoms with Gasteiger partial charge in [-0.15, -0.1) is 10.2 Å². The molecule has 1 fully saturated rings. The first-order valence-electron chi connectivity index (χ1n) is 14.3. The molecule has 2 atom stereocenters. The average molecular weight is 664 g/mol. The first-order chi connectivity index (χ1) is 21.3. The number of aromatic nitrogens is 5. The van der Waals surface area contributed by atoms with Crippen molar-refractivity contribution in [1.29, 1.82) is 0 Å².